The number of tetrazole rings is 1. The normalized spacial score (nSPS) is 10.3. The lowest BCUT2D eigenvalue weighted by Gasteiger charge is -2.04. The standard InChI is InChI=1S/C11H14N6O/c1-12-11(18)9-4-2-8(3-5-9)6-13-7-10-14-16-17-15-10/h2-5,13H,6-7H2,1H3,(H,12,18)(H,14,15,16,17). The number of amides is 1. The molecule has 0 spiro atoms. The van der Waals surface area contributed by atoms with Gasteiger partial charge in [0.1, 0.15) is 0 Å². The van der Waals surface area contributed by atoms with Crippen LogP contribution in [0.1, 0.15) is 21.7 Å². The van der Waals surface area contributed by atoms with E-state index in [1.807, 2.05) is 12.1 Å². The first-order valence-corrected chi connectivity index (χ1v) is 5.53. The summed E-state index contributed by atoms with van der Waals surface area (Å²) in [7, 11) is 1.61. The molecule has 0 fully saturated rings. The summed E-state index contributed by atoms with van der Waals surface area (Å²) < 4.78 is 0. The molecule has 0 unspecified atom stereocenters. The molecule has 7 nitrogen and oxygen atoms in total. The van der Waals surface area contributed by atoms with Gasteiger partial charge in [-0.25, -0.2) is 0 Å². The molecule has 0 bridgehead atoms. The Balaban J connectivity index is 1.85. The average Bonchev–Trinajstić information content (AvgIpc) is 2.92. The summed E-state index contributed by atoms with van der Waals surface area (Å²) in [6, 6.07) is 7.41. The van der Waals surface area contributed by atoms with Crippen LogP contribution < -0.4 is 10.6 Å². The number of hydrogen-bond donors (Lipinski definition) is 3. The van der Waals surface area contributed by atoms with Gasteiger partial charge in [-0.2, -0.15) is 5.21 Å². The molecule has 2 rings (SSSR count). The van der Waals surface area contributed by atoms with Gasteiger partial charge < -0.3 is 10.6 Å². The Morgan fingerprint density at radius 3 is 2.67 bits per heavy atom. The van der Waals surface area contributed by atoms with Gasteiger partial charge in [-0.3, -0.25) is 4.79 Å². The fourth-order valence-electron chi connectivity index (χ4n) is 1.49. The highest BCUT2D eigenvalue weighted by Gasteiger charge is 2.02. The van der Waals surface area contributed by atoms with E-state index < -0.39 is 0 Å². The molecule has 1 amide bonds. The molecule has 7 heteroatoms. The van der Waals surface area contributed by atoms with Crippen molar-refractivity contribution in [3.63, 3.8) is 0 Å². The minimum absolute atomic E-state index is 0.0821. The molecule has 0 aliphatic carbocycles. The van der Waals surface area contributed by atoms with Crippen LogP contribution in [-0.2, 0) is 13.1 Å². The third-order valence-electron chi connectivity index (χ3n) is 2.44. The van der Waals surface area contributed by atoms with Crippen LogP contribution in [0.15, 0.2) is 24.3 Å². The largest absolute Gasteiger partial charge is 0.355 e. The average molecular weight is 246 g/mol. The molecule has 18 heavy (non-hydrogen) atoms. The molecule has 0 aliphatic heterocycles. The monoisotopic (exact) mass is 246 g/mol. The highest BCUT2D eigenvalue weighted by Crippen LogP contribution is 2.04. The highest BCUT2D eigenvalue weighted by molar-refractivity contribution is 5.93. The smallest absolute Gasteiger partial charge is 0.251 e. The number of nitrogens with zero attached hydrogens (tertiary/aromatic N) is 3. The van der Waals surface area contributed by atoms with Crippen molar-refractivity contribution >= 4 is 5.91 Å². The highest BCUT2D eigenvalue weighted by atomic mass is 16.1. The van der Waals surface area contributed by atoms with E-state index in [1.165, 1.54) is 0 Å². The van der Waals surface area contributed by atoms with E-state index in [4.69, 9.17) is 0 Å². The number of carbonyl (C=O) groups is 1. The van der Waals surface area contributed by atoms with E-state index in [-0.39, 0.29) is 5.91 Å². The molecule has 2 aromatic rings. The maximum absolute atomic E-state index is 11.3. The molecule has 0 aliphatic rings. The first-order chi connectivity index (χ1) is 8.79. The third-order valence-corrected chi connectivity index (χ3v) is 2.44. The van der Waals surface area contributed by atoms with Crippen molar-refractivity contribution < 1.29 is 4.79 Å². The number of aromatic nitrogens is 4. The third kappa shape index (κ3) is 3.11. The van der Waals surface area contributed by atoms with Gasteiger partial charge in [0.15, 0.2) is 5.82 Å². The minimum Gasteiger partial charge on any atom is -0.355 e. The van der Waals surface area contributed by atoms with Crippen molar-refractivity contribution in [2.24, 2.45) is 0 Å². The molecule has 0 saturated carbocycles. The van der Waals surface area contributed by atoms with Crippen LogP contribution in [0.3, 0.4) is 0 Å². The molecule has 1 aromatic heterocycles. The lowest BCUT2D eigenvalue weighted by molar-refractivity contribution is 0.0963. The van der Waals surface area contributed by atoms with Crippen molar-refractivity contribution in [3.05, 3.63) is 41.2 Å². The van der Waals surface area contributed by atoms with Gasteiger partial charge in [0.25, 0.3) is 5.91 Å². The second kappa shape index (κ2) is 5.87. The molecule has 3 N–H and O–H groups in total. The Morgan fingerprint density at radius 2 is 2.06 bits per heavy atom. The predicted octanol–water partition coefficient (Wildman–Crippen LogP) is -0.151. The van der Waals surface area contributed by atoms with Crippen LogP contribution in [-0.4, -0.2) is 33.6 Å². The number of nitrogens with one attached hydrogen (secondary N) is 3. The first-order valence-electron chi connectivity index (χ1n) is 5.53. The SMILES string of the molecule is CNC(=O)c1ccc(CNCc2nn[nH]n2)cc1. The van der Waals surface area contributed by atoms with Crippen molar-refractivity contribution in [2.45, 2.75) is 13.1 Å². The van der Waals surface area contributed by atoms with E-state index in [2.05, 4.69) is 31.3 Å². The van der Waals surface area contributed by atoms with E-state index >= 15 is 0 Å². The maximum Gasteiger partial charge on any atom is 0.251 e. The fraction of sp³-hybridized carbons (Fsp3) is 0.273. The predicted molar refractivity (Wildman–Crippen MR) is 64.6 cm³/mol. The van der Waals surface area contributed by atoms with Crippen molar-refractivity contribution in [3.8, 4) is 0 Å². The summed E-state index contributed by atoms with van der Waals surface area (Å²) in [6.07, 6.45) is 0. The molecule has 1 heterocycles. The molecular formula is C11H14N6O. The number of benzene rings is 1. The van der Waals surface area contributed by atoms with Crippen LogP contribution in [0.4, 0.5) is 0 Å². The summed E-state index contributed by atoms with van der Waals surface area (Å²) in [6.45, 7) is 1.23. The Hall–Kier alpha value is -2.28. The summed E-state index contributed by atoms with van der Waals surface area (Å²) in [5, 5.41) is 19.3. The Kier molecular flexibility index (Phi) is 3.98. The van der Waals surface area contributed by atoms with Gasteiger partial charge in [-0.05, 0) is 17.7 Å². The Morgan fingerprint density at radius 1 is 1.28 bits per heavy atom. The number of rotatable bonds is 5. The second-order valence-electron chi connectivity index (χ2n) is 3.71. The van der Waals surface area contributed by atoms with Gasteiger partial charge in [0.05, 0.1) is 6.54 Å². The van der Waals surface area contributed by atoms with Crippen LogP contribution in [0.5, 0.6) is 0 Å². The molecular weight excluding hydrogens is 232 g/mol. The number of H-pyrrole nitrogens is 1. The molecule has 0 radical (unpaired) electrons. The van der Waals surface area contributed by atoms with Gasteiger partial charge in [-0.1, -0.05) is 17.3 Å². The fourth-order valence-corrected chi connectivity index (χ4v) is 1.49. The van der Waals surface area contributed by atoms with E-state index in [0.29, 0.717) is 24.5 Å². The molecule has 1 aromatic carbocycles. The Labute approximate surface area is 104 Å². The number of hydrogen-bond acceptors (Lipinski definition) is 5. The van der Waals surface area contributed by atoms with Crippen LogP contribution in [0.25, 0.3) is 0 Å². The number of aromatic amines is 1. The van der Waals surface area contributed by atoms with Gasteiger partial charge in [0.2, 0.25) is 0 Å². The first kappa shape index (κ1) is 12.2. The summed E-state index contributed by atoms with van der Waals surface area (Å²) >= 11 is 0. The molecule has 0 saturated heterocycles. The molecule has 0 atom stereocenters. The molecule has 94 valence electrons. The van der Waals surface area contributed by atoms with Crippen LogP contribution >= 0.6 is 0 Å². The summed E-state index contributed by atoms with van der Waals surface area (Å²) in [4.78, 5) is 11.3. The topological polar surface area (TPSA) is 95.6 Å². The van der Waals surface area contributed by atoms with E-state index in [9.17, 15) is 4.79 Å². The Bertz CT molecular complexity index is 493. The van der Waals surface area contributed by atoms with Crippen molar-refractivity contribution in [2.75, 3.05) is 7.05 Å². The second-order valence-corrected chi connectivity index (χ2v) is 3.71. The minimum atomic E-state index is -0.0821. The number of carbonyl (C=O) groups excluding carboxylic acids is 1. The van der Waals surface area contributed by atoms with Crippen molar-refractivity contribution in [1.82, 2.24) is 31.3 Å². The lowest BCUT2D eigenvalue weighted by atomic mass is 10.1. The van der Waals surface area contributed by atoms with Gasteiger partial charge >= 0.3 is 0 Å². The van der Waals surface area contributed by atoms with Crippen molar-refractivity contribution in [1.29, 1.82) is 0 Å². The van der Waals surface area contributed by atoms with E-state index in [1.54, 1.807) is 19.2 Å². The zero-order chi connectivity index (χ0) is 12.8. The van der Waals surface area contributed by atoms with Crippen LogP contribution in [0, 0.1) is 0 Å². The van der Waals surface area contributed by atoms with Crippen LogP contribution in [0.2, 0.25) is 0 Å². The summed E-state index contributed by atoms with van der Waals surface area (Å²) in [5.74, 6) is 0.540. The van der Waals surface area contributed by atoms with Gasteiger partial charge in [-0.15, -0.1) is 10.2 Å². The lowest BCUT2D eigenvalue weighted by Crippen LogP contribution is -2.18. The zero-order valence-corrected chi connectivity index (χ0v) is 9.97. The quantitative estimate of drug-likeness (QED) is 0.682. The maximum atomic E-state index is 11.3. The summed E-state index contributed by atoms with van der Waals surface area (Å²) in [5.41, 5.74) is 1.74. The zero-order valence-electron chi connectivity index (χ0n) is 9.97. The van der Waals surface area contributed by atoms with Gasteiger partial charge in [0, 0.05) is 19.2 Å². The van der Waals surface area contributed by atoms with E-state index in [0.717, 1.165) is 5.56 Å².